The second-order valence-electron chi connectivity index (χ2n) is 8.05. The van der Waals surface area contributed by atoms with Crippen LogP contribution in [0.4, 0.5) is 5.69 Å². The summed E-state index contributed by atoms with van der Waals surface area (Å²) in [7, 11) is -5.91. The summed E-state index contributed by atoms with van der Waals surface area (Å²) in [4.78, 5) is 0.135. The molecule has 1 aliphatic rings. The van der Waals surface area contributed by atoms with Crippen LogP contribution in [0.2, 0.25) is 0 Å². The number of methoxy groups -OCH3 is 1. The highest BCUT2D eigenvalue weighted by Crippen LogP contribution is 2.40. The molecule has 0 radical (unpaired) electrons. The van der Waals surface area contributed by atoms with Crippen LogP contribution < -0.4 is 9.46 Å². The number of benzene rings is 3. The highest BCUT2D eigenvalue weighted by molar-refractivity contribution is 7.92. The van der Waals surface area contributed by atoms with E-state index >= 15 is 0 Å². The molecule has 178 valence electrons. The summed E-state index contributed by atoms with van der Waals surface area (Å²) in [6.45, 7) is 1.89. The number of hydrazone groups is 1. The number of anilines is 1. The number of nitrogens with zero attached hydrogens (tertiary/aromatic N) is 2. The summed E-state index contributed by atoms with van der Waals surface area (Å²) >= 11 is 0. The second kappa shape index (κ2) is 9.11. The minimum Gasteiger partial charge on any atom is -0.496 e. The molecule has 1 atom stereocenters. The lowest BCUT2D eigenvalue weighted by molar-refractivity contribution is 0.350. The molecular formula is C24H25N3O5S2. The van der Waals surface area contributed by atoms with E-state index in [1.807, 2.05) is 25.1 Å². The van der Waals surface area contributed by atoms with E-state index in [0.717, 1.165) is 16.2 Å². The van der Waals surface area contributed by atoms with Crippen LogP contribution in [0.25, 0.3) is 0 Å². The highest BCUT2D eigenvalue weighted by atomic mass is 32.2. The number of hydrogen-bond acceptors (Lipinski definition) is 6. The van der Waals surface area contributed by atoms with Crippen LogP contribution in [0.15, 0.2) is 82.8 Å². The average Bonchev–Trinajstić information content (AvgIpc) is 3.25. The molecule has 8 nitrogen and oxygen atoms in total. The fourth-order valence-corrected chi connectivity index (χ4v) is 5.83. The molecule has 0 fully saturated rings. The third-order valence-electron chi connectivity index (χ3n) is 5.43. The van der Waals surface area contributed by atoms with Gasteiger partial charge in [-0.05, 0) is 42.8 Å². The molecule has 0 aliphatic carbocycles. The monoisotopic (exact) mass is 499 g/mol. The van der Waals surface area contributed by atoms with Crippen molar-refractivity contribution in [3.05, 3.63) is 89.5 Å². The van der Waals surface area contributed by atoms with Crippen LogP contribution in [0.5, 0.6) is 5.75 Å². The maximum absolute atomic E-state index is 13.6. The van der Waals surface area contributed by atoms with E-state index < -0.39 is 26.1 Å². The maximum atomic E-state index is 13.6. The van der Waals surface area contributed by atoms with Crippen molar-refractivity contribution in [2.24, 2.45) is 5.10 Å². The summed E-state index contributed by atoms with van der Waals surface area (Å²) in [6.07, 6.45) is 1.36. The van der Waals surface area contributed by atoms with Gasteiger partial charge in [-0.25, -0.2) is 8.42 Å². The molecule has 10 heteroatoms. The normalized spacial score (nSPS) is 16.3. The van der Waals surface area contributed by atoms with E-state index in [-0.39, 0.29) is 11.3 Å². The lowest BCUT2D eigenvalue weighted by atomic mass is 9.98. The topological polar surface area (TPSA) is 105 Å². The van der Waals surface area contributed by atoms with Crippen molar-refractivity contribution in [1.29, 1.82) is 0 Å². The minimum atomic E-state index is -3.98. The highest BCUT2D eigenvalue weighted by Gasteiger charge is 2.39. The molecular weight excluding hydrogens is 474 g/mol. The van der Waals surface area contributed by atoms with Crippen LogP contribution in [0.3, 0.4) is 0 Å². The predicted octanol–water partition coefficient (Wildman–Crippen LogP) is 3.92. The van der Waals surface area contributed by atoms with Gasteiger partial charge in [0, 0.05) is 17.7 Å². The van der Waals surface area contributed by atoms with Crippen molar-refractivity contribution in [3.8, 4) is 5.75 Å². The molecule has 1 aliphatic heterocycles. The van der Waals surface area contributed by atoms with Crippen LogP contribution in [-0.2, 0) is 20.0 Å². The molecule has 34 heavy (non-hydrogen) atoms. The first-order valence-electron chi connectivity index (χ1n) is 10.5. The summed E-state index contributed by atoms with van der Waals surface area (Å²) in [5, 5.41) is 4.53. The summed E-state index contributed by atoms with van der Waals surface area (Å²) in [5.41, 5.74) is 3.14. The van der Waals surface area contributed by atoms with Crippen molar-refractivity contribution in [3.63, 3.8) is 0 Å². The van der Waals surface area contributed by atoms with E-state index in [9.17, 15) is 16.8 Å². The first-order valence-corrected chi connectivity index (χ1v) is 13.8. The van der Waals surface area contributed by atoms with Gasteiger partial charge in [0.2, 0.25) is 10.0 Å². The van der Waals surface area contributed by atoms with E-state index in [4.69, 9.17) is 4.74 Å². The zero-order chi connectivity index (χ0) is 24.5. The first kappa shape index (κ1) is 23.8. The minimum absolute atomic E-state index is 0.135. The van der Waals surface area contributed by atoms with Crippen molar-refractivity contribution < 1.29 is 21.6 Å². The van der Waals surface area contributed by atoms with Gasteiger partial charge in [-0.1, -0.05) is 48.0 Å². The fourth-order valence-electron chi connectivity index (χ4n) is 3.85. The lowest BCUT2D eigenvalue weighted by Gasteiger charge is -2.24. The van der Waals surface area contributed by atoms with Crippen molar-refractivity contribution in [2.45, 2.75) is 24.3 Å². The van der Waals surface area contributed by atoms with E-state index in [0.29, 0.717) is 28.3 Å². The third kappa shape index (κ3) is 4.92. The number of sulfonamides is 2. The van der Waals surface area contributed by atoms with Gasteiger partial charge in [0.25, 0.3) is 10.0 Å². The Hall–Kier alpha value is -3.37. The Morgan fingerprint density at radius 2 is 1.68 bits per heavy atom. The largest absolute Gasteiger partial charge is 0.496 e. The van der Waals surface area contributed by atoms with Crippen LogP contribution >= 0.6 is 0 Å². The summed E-state index contributed by atoms with van der Waals surface area (Å²) in [5.74, 6) is 0.556. The van der Waals surface area contributed by atoms with Gasteiger partial charge in [0.05, 0.1) is 30.0 Å². The fraction of sp³-hybridized carbons (Fsp3) is 0.208. The molecule has 0 saturated carbocycles. The summed E-state index contributed by atoms with van der Waals surface area (Å²) < 4.78 is 59.7. The predicted molar refractivity (Wildman–Crippen MR) is 132 cm³/mol. The van der Waals surface area contributed by atoms with Gasteiger partial charge in [0.1, 0.15) is 5.75 Å². The van der Waals surface area contributed by atoms with Crippen LogP contribution in [-0.4, -0.2) is 40.3 Å². The molecule has 0 aromatic heterocycles. The van der Waals surface area contributed by atoms with E-state index in [2.05, 4.69) is 9.82 Å². The number of rotatable bonds is 7. The average molecular weight is 500 g/mol. The standard InChI is InChI=1S/C24H25N3O5S2/c1-17-11-13-20(14-12-17)34(30,31)27-23(21-9-4-5-10-24(21)32-2)16-22(25-27)18-7-6-8-19(15-18)26-33(3,28)29/h4-15,23,26H,16H2,1-3H3/t23-/m0/s1. The lowest BCUT2D eigenvalue weighted by Crippen LogP contribution is -2.27. The molecule has 1 N–H and O–H groups in total. The Morgan fingerprint density at radius 1 is 0.971 bits per heavy atom. The van der Waals surface area contributed by atoms with E-state index in [1.165, 1.54) is 7.11 Å². The van der Waals surface area contributed by atoms with Gasteiger partial charge in [-0.2, -0.15) is 17.9 Å². The maximum Gasteiger partial charge on any atom is 0.279 e. The van der Waals surface area contributed by atoms with Gasteiger partial charge < -0.3 is 4.74 Å². The SMILES string of the molecule is COc1ccccc1[C@@H]1CC(c2cccc(NS(C)(=O)=O)c2)=NN1S(=O)(=O)c1ccc(C)cc1. The van der Waals surface area contributed by atoms with Crippen molar-refractivity contribution in [2.75, 3.05) is 18.1 Å². The number of aryl methyl sites for hydroxylation is 1. The van der Waals surface area contributed by atoms with Crippen molar-refractivity contribution in [1.82, 2.24) is 4.41 Å². The quantitative estimate of drug-likeness (QED) is 0.531. The van der Waals surface area contributed by atoms with Gasteiger partial charge in [-0.3, -0.25) is 4.72 Å². The zero-order valence-corrected chi connectivity index (χ0v) is 20.6. The second-order valence-corrected chi connectivity index (χ2v) is 11.6. The third-order valence-corrected chi connectivity index (χ3v) is 7.74. The number of nitrogens with one attached hydrogen (secondary N) is 1. The van der Waals surface area contributed by atoms with Crippen LogP contribution in [0.1, 0.15) is 29.2 Å². The molecule has 3 aromatic carbocycles. The van der Waals surface area contributed by atoms with Gasteiger partial charge in [-0.15, -0.1) is 0 Å². The molecule has 0 amide bonds. The van der Waals surface area contributed by atoms with Crippen molar-refractivity contribution >= 4 is 31.4 Å². The molecule has 0 unspecified atom stereocenters. The Bertz CT molecular complexity index is 1450. The van der Waals surface area contributed by atoms with Gasteiger partial charge >= 0.3 is 0 Å². The Morgan fingerprint density at radius 3 is 2.35 bits per heavy atom. The molecule has 0 spiro atoms. The smallest absolute Gasteiger partial charge is 0.279 e. The Balaban J connectivity index is 1.81. The van der Waals surface area contributed by atoms with E-state index in [1.54, 1.807) is 54.6 Å². The molecule has 1 heterocycles. The number of hydrogen-bond donors (Lipinski definition) is 1. The Labute approximate surface area is 200 Å². The number of ether oxygens (including phenoxy) is 1. The molecule has 3 aromatic rings. The Kier molecular flexibility index (Phi) is 6.37. The molecule has 0 saturated heterocycles. The number of para-hydroxylation sites is 1. The molecule has 4 rings (SSSR count). The van der Waals surface area contributed by atoms with Crippen LogP contribution in [0, 0.1) is 6.92 Å². The first-order chi connectivity index (χ1) is 16.1. The van der Waals surface area contributed by atoms with Gasteiger partial charge in [0.15, 0.2) is 0 Å². The summed E-state index contributed by atoms with van der Waals surface area (Å²) in [6, 6.07) is 19.9. The molecule has 0 bridgehead atoms. The zero-order valence-electron chi connectivity index (χ0n) is 19.0.